The topological polar surface area (TPSA) is 17.1 Å². The Balaban J connectivity index is 0.00000106. The lowest BCUT2D eigenvalue weighted by atomic mass is 10.0. The van der Waals surface area contributed by atoms with E-state index in [-0.39, 0.29) is 5.78 Å². The summed E-state index contributed by atoms with van der Waals surface area (Å²) in [5.74, 6) is 0.228. The van der Waals surface area contributed by atoms with Gasteiger partial charge in [0.05, 0.1) is 0 Å². The largest absolute Gasteiger partial charge is 0.300 e. The molecule has 0 aliphatic carbocycles. The van der Waals surface area contributed by atoms with Crippen LogP contribution in [0.4, 0.5) is 0 Å². The van der Waals surface area contributed by atoms with E-state index in [9.17, 15) is 4.79 Å². The first kappa shape index (κ1) is 14.9. The Morgan fingerprint density at radius 3 is 2.00 bits per heavy atom. The molecule has 0 radical (unpaired) electrons. The monoisotopic (exact) mass is 220 g/mol. The van der Waals surface area contributed by atoms with E-state index in [4.69, 9.17) is 0 Å². The fraction of sp³-hybridized carbons (Fsp3) is 0.533. The van der Waals surface area contributed by atoms with Crippen LogP contribution in [0.25, 0.3) is 0 Å². The quantitative estimate of drug-likeness (QED) is 0.727. The fourth-order valence-corrected chi connectivity index (χ4v) is 1.49. The molecular formula is C15H24O. The minimum absolute atomic E-state index is 0.228. The Morgan fingerprint density at radius 1 is 1.06 bits per heavy atom. The second kappa shape index (κ2) is 9.14. The summed E-state index contributed by atoms with van der Waals surface area (Å²) in [5, 5.41) is 0. The van der Waals surface area contributed by atoms with Gasteiger partial charge in [0.2, 0.25) is 0 Å². The van der Waals surface area contributed by atoms with E-state index in [0.717, 1.165) is 12.0 Å². The molecule has 0 aliphatic heterocycles. The van der Waals surface area contributed by atoms with Gasteiger partial charge in [0.1, 0.15) is 5.78 Å². The third kappa shape index (κ3) is 6.39. The molecule has 1 aromatic carbocycles. The van der Waals surface area contributed by atoms with Crippen molar-refractivity contribution >= 4 is 5.78 Å². The molecule has 0 N–H and O–H groups in total. The van der Waals surface area contributed by atoms with Gasteiger partial charge in [-0.05, 0) is 30.9 Å². The normalized spacial score (nSPS) is 9.25. The number of Topliss-reactive ketones (excluding diaryl/α,β-unsaturated/α-hetero) is 1. The van der Waals surface area contributed by atoms with Crippen LogP contribution in [0.15, 0.2) is 24.3 Å². The Morgan fingerprint density at radius 2 is 1.56 bits per heavy atom. The predicted molar refractivity (Wildman–Crippen MR) is 70.8 cm³/mol. The second-order valence-electron chi connectivity index (χ2n) is 3.80. The van der Waals surface area contributed by atoms with Gasteiger partial charge in [0.15, 0.2) is 0 Å². The lowest BCUT2D eigenvalue weighted by molar-refractivity contribution is -0.116. The highest BCUT2D eigenvalue weighted by molar-refractivity contribution is 5.78. The molecule has 0 aromatic heterocycles. The molecule has 0 amide bonds. The van der Waals surface area contributed by atoms with Gasteiger partial charge in [-0.3, -0.25) is 4.79 Å². The van der Waals surface area contributed by atoms with Crippen LogP contribution in [0, 0.1) is 0 Å². The Labute approximate surface area is 99.9 Å². The van der Waals surface area contributed by atoms with Crippen molar-refractivity contribution in [3.05, 3.63) is 35.4 Å². The minimum atomic E-state index is 0.228. The first-order chi connectivity index (χ1) is 7.72. The van der Waals surface area contributed by atoms with E-state index < -0.39 is 0 Å². The minimum Gasteiger partial charge on any atom is -0.300 e. The van der Waals surface area contributed by atoms with Crippen molar-refractivity contribution in [3.8, 4) is 0 Å². The molecule has 90 valence electrons. The molecule has 0 atom stereocenters. The summed E-state index contributed by atoms with van der Waals surface area (Å²) >= 11 is 0. The first-order valence-corrected chi connectivity index (χ1v) is 6.29. The molecule has 1 rings (SSSR count). The third-order valence-corrected chi connectivity index (χ3v) is 2.30. The Kier molecular flexibility index (Phi) is 8.51. The van der Waals surface area contributed by atoms with Gasteiger partial charge in [-0.1, -0.05) is 51.5 Å². The van der Waals surface area contributed by atoms with Crippen molar-refractivity contribution in [2.45, 2.75) is 53.4 Å². The van der Waals surface area contributed by atoms with Crippen LogP contribution in [0.1, 0.15) is 51.7 Å². The maximum Gasteiger partial charge on any atom is 0.134 e. The lowest BCUT2D eigenvalue weighted by Crippen LogP contribution is -1.96. The van der Waals surface area contributed by atoms with Crippen LogP contribution in [0.3, 0.4) is 0 Å². The standard InChI is InChI=1S/C13H18O.C2H6/c1-3-4-5-12-6-8-13(9-7-12)10-11(2)14;1-2/h6-9H,3-5,10H2,1-2H3;1-2H3. The predicted octanol–water partition coefficient (Wildman–Crippen LogP) is 4.19. The van der Waals surface area contributed by atoms with Gasteiger partial charge >= 0.3 is 0 Å². The Bertz CT molecular complexity index is 285. The SMILES string of the molecule is CC.CCCCc1ccc(CC(C)=O)cc1. The third-order valence-electron chi connectivity index (χ3n) is 2.30. The number of carbonyl (C=O) groups is 1. The molecule has 1 nitrogen and oxygen atoms in total. The summed E-state index contributed by atoms with van der Waals surface area (Å²) in [6, 6.07) is 8.39. The van der Waals surface area contributed by atoms with Crippen molar-refractivity contribution in [2.75, 3.05) is 0 Å². The molecular weight excluding hydrogens is 196 g/mol. The molecule has 16 heavy (non-hydrogen) atoms. The number of aryl methyl sites for hydroxylation is 1. The first-order valence-electron chi connectivity index (χ1n) is 6.29. The summed E-state index contributed by atoms with van der Waals surface area (Å²) in [4.78, 5) is 10.9. The summed E-state index contributed by atoms with van der Waals surface area (Å²) in [6.45, 7) is 7.83. The number of hydrogen-bond acceptors (Lipinski definition) is 1. The van der Waals surface area contributed by atoms with E-state index in [1.807, 2.05) is 13.8 Å². The number of unbranched alkanes of at least 4 members (excludes halogenated alkanes) is 1. The molecule has 0 bridgehead atoms. The van der Waals surface area contributed by atoms with E-state index in [2.05, 4.69) is 31.2 Å². The highest BCUT2D eigenvalue weighted by atomic mass is 16.1. The maximum absolute atomic E-state index is 10.9. The highest BCUT2D eigenvalue weighted by Gasteiger charge is 1.97. The molecule has 0 fully saturated rings. The zero-order valence-electron chi connectivity index (χ0n) is 11.0. The van der Waals surface area contributed by atoms with E-state index in [0.29, 0.717) is 6.42 Å². The van der Waals surface area contributed by atoms with Gasteiger partial charge in [-0.15, -0.1) is 0 Å². The summed E-state index contributed by atoms with van der Waals surface area (Å²) in [7, 11) is 0. The van der Waals surface area contributed by atoms with Crippen LogP contribution < -0.4 is 0 Å². The van der Waals surface area contributed by atoms with Crippen LogP contribution in [-0.4, -0.2) is 5.78 Å². The van der Waals surface area contributed by atoms with Crippen LogP contribution >= 0.6 is 0 Å². The molecule has 0 saturated heterocycles. The molecule has 0 saturated carbocycles. The van der Waals surface area contributed by atoms with E-state index in [1.54, 1.807) is 6.92 Å². The van der Waals surface area contributed by atoms with Crippen LogP contribution in [-0.2, 0) is 17.6 Å². The Hall–Kier alpha value is -1.11. The van der Waals surface area contributed by atoms with Crippen molar-refractivity contribution in [3.63, 3.8) is 0 Å². The van der Waals surface area contributed by atoms with Gasteiger partial charge in [0.25, 0.3) is 0 Å². The zero-order valence-corrected chi connectivity index (χ0v) is 11.0. The molecule has 0 aliphatic rings. The maximum atomic E-state index is 10.9. The lowest BCUT2D eigenvalue weighted by Gasteiger charge is -2.01. The summed E-state index contributed by atoms with van der Waals surface area (Å²) < 4.78 is 0. The number of benzene rings is 1. The van der Waals surface area contributed by atoms with Gasteiger partial charge in [-0.2, -0.15) is 0 Å². The van der Waals surface area contributed by atoms with Crippen molar-refractivity contribution in [1.29, 1.82) is 0 Å². The van der Waals surface area contributed by atoms with Gasteiger partial charge in [0, 0.05) is 6.42 Å². The summed E-state index contributed by atoms with van der Waals surface area (Å²) in [6.07, 6.45) is 4.19. The molecule has 0 spiro atoms. The zero-order chi connectivity index (χ0) is 12.4. The van der Waals surface area contributed by atoms with Crippen molar-refractivity contribution in [1.82, 2.24) is 0 Å². The second-order valence-corrected chi connectivity index (χ2v) is 3.80. The highest BCUT2D eigenvalue weighted by Crippen LogP contribution is 2.08. The number of carbonyl (C=O) groups excluding carboxylic acids is 1. The van der Waals surface area contributed by atoms with Crippen LogP contribution in [0.5, 0.6) is 0 Å². The average Bonchev–Trinajstić information content (AvgIpc) is 2.30. The van der Waals surface area contributed by atoms with Gasteiger partial charge in [-0.25, -0.2) is 0 Å². The molecule has 1 heteroatoms. The van der Waals surface area contributed by atoms with E-state index in [1.165, 1.54) is 18.4 Å². The molecule has 1 aromatic rings. The number of ketones is 1. The summed E-state index contributed by atoms with van der Waals surface area (Å²) in [5.41, 5.74) is 2.50. The smallest absolute Gasteiger partial charge is 0.134 e. The van der Waals surface area contributed by atoms with Crippen LogP contribution in [0.2, 0.25) is 0 Å². The fourth-order valence-electron chi connectivity index (χ4n) is 1.49. The number of hydrogen-bond donors (Lipinski definition) is 0. The van der Waals surface area contributed by atoms with Crippen molar-refractivity contribution in [2.24, 2.45) is 0 Å². The van der Waals surface area contributed by atoms with Gasteiger partial charge < -0.3 is 0 Å². The molecule has 0 heterocycles. The molecule has 0 unspecified atom stereocenters. The average molecular weight is 220 g/mol. The van der Waals surface area contributed by atoms with E-state index >= 15 is 0 Å². The number of rotatable bonds is 5. The van der Waals surface area contributed by atoms with Crippen molar-refractivity contribution < 1.29 is 4.79 Å².